The molecule has 1 aromatic heterocycles. The van der Waals surface area contributed by atoms with E-state index >= 15 is 0 Å². The lowest BCUT2D eigenvalue weighted by Crippen LogP contribution is -2.47. The van der Waals surface area contributed by atoms with Crippen LogP contribution in [0.2, 0.25) is 0 Å². The second kappa shape index (κ2) is 6.02. The Kier molecular flexibility index (Phi) is 3.82. The summed E-state index contributed by atoms with van der Waals surface area (Å²) in [5.74, 6) is 0.328. The molecule has 0 spiro atoms. The summed E-state index contributed by atoms with van der Waals surface area (Å²) in [6.45, 7) is 3.58. The van der Waals surface area contributed by atoms with Gasteiger partial charge in [0.05, 0.1) is 5.56 Å². The maximum atomic E-state index is 13.2. The molecule has 5 rings (SSSR count). The second-order valence-electron chi connectivity index (χ2n) is 7.06. The number of fused-ring (bicyclic) bond motifs is 5. The summed E-state index contributed by atoms with van der Waals surface area (Å²) in [4.78, 5) is 43.5. The number of pyridine rings is 1. The molecule has 2 aromatic rings. The van der Waals surface area contributed by atoms with Gasteiger partial charge in [-0.3, -0.25) is 14.4 Å². The highest BCUT2D eigenvalue weighted by molar-refractivity contribution is 6.06. The molecule has 6 nitrogen and oxygen atoms in total. The molecular formula is C19H21N3O3. The molecule has 3 aliphatic rings. The summed E-state index contributed by atoms with van der Waals surface area (Å²) in [6, 6.07) is 7.22. The third-order valence-corrected chi connectivity index (χ3v) is 5.46. The van der Waals surface area contributed by atoms with E-state index in [2.05, 4.69) is 4.98 Å². The number of nitrogens with zero attached hydrogens (tertiary/aromatic N) is 2. The summed E-state index contributed by atoms with van der Waals surface area (Å²) in [6.07, 6.45) is 3.49. The average Bonchev–Trinajstić information content (AvgIpc) is 2.94. The van der Waals surface area contributed by atoms with Gasteiger partial charge >= 0.3 is 0 Å². The van der Waals surface area contributed by atoms with Gasteiger partial charge in [-0.2, -0.15) is 0 Å². The fourth-order valence-electron chi connectivity index (χ4n) is 4.13. The van der Waals surface area contributed by atoms with Gasteiger partial charge in [-0.05, 0) is 24.8 Å². The Morgan fingerprint density at radius 3 is 2.60 bits per heavy atom. The number of H-pyrrole nitrogens is 1. The molecule has 130 valence electrons. The number of aromatic nitrogens is 1. The first kappa shape index (κ1) is 15.9. The van der Waals surface area contributed by atoms with E-state index in [0.717, 1.165) is 19.4 Å². The summed E-state index contributed by atoms with van der Waals surface area (Å²) in [5, 5.41) is 1.21. The van der Waals surface area contributed by atoms with Crippen molar-refractivity contribution in [1.29, 1.82) is 0 Å². The first-order valence-corrected chi connectivity index (χ1v) is 8.71. The Balaban J connectivity index is 1.71. The molecule has 3 saturated heterocycles. The highest BCUT2D eigenvalue weighted by Crippen LogP contribution is 2.30. The van der Waals surface area contributed by atoms with Gasteiger partial charge in [-0.15, -0.1) is 0 Å². The van der Waals surface area contributed by atoms with Crippen molar-refractivity contribution in [1.82, 2.24) is 14.8 Å². The van der Waals surface area contributed by atoms with Crippen molar-refractivity contribution in [3.63, 3.8) is 0 Å². The predicted molar refractivity (Wildman–Crippen MR) is 94.4 cm³/mol. The van der Waals surface area contributed by atoms with Crippen LogP contribution in [0.5, 0.6) is 0 Å². The van der Waals surface area contributed by atoms with Crippen molar-refractivity contribution in [3.8, 4) is 0 Å². The third kappa shape index (κ3) is 2.71. The molecular weight excluding hydrogens is 318 g/mol. The summed E-state index contributed by atoms with van der Waals surface area (Å²) in [7, 11) is 0. The first-order valence-electron chi connectivity index (χ1n) is 8.71. The van der Waals surface area contributed by atoms with Gasteiger partial charge in [0.25, 0.3) is 11.5 Å². The predicted octanol–water partition coefficient (Wildman–Crippen LogP) is 1.61. The molecule has 25 heavy (non-hydrogen) atoms. The normalized spacial score (nSPS) is 22.9. The van der Waals surface area contributed by atoms with Gasteiger partial charge < -0.3 is 14.8 Å². The monoisotopic (exact) mass is 339 g/mol. The van der Waals surface area contributed by atoms with Gasteiger partial charge in [-0.25, -0.2) is 0 Å². The zero-order chi connectivity index (χ0) is 17.6. The Morgan fingerprint density at radius 1 is 1.08 bits per heavy atom. The molecule has 0 unspecified atom stereocenters. The number of piperidine rings is 1. The molecule has 1 N–H and O–H groups in total. The smallest absolute Gasteiger partial charge is 0.256 e. The van der Waals surface area contributed by atoms with Gasteiger partial charge in [0, 0.05) is 49.6 Å². The molecule has 2 bridgehead atoms. The lowest BCUT2D eigenvalue weighted by atomic mass is 9.94. The minimum atomic E-state index is -0.188. The number of carbonyl (C=O) groups is 2. The Bertz CT molecular complexity index is 904. The first-order chi connectivity index (χ1) is 12.0. The van der Waals surface area contributed by atoms with Crippen molar-refractivity contribution < 1.29 is 9.59 Å². The van der Waals surface area contributed by atoms with E-state index in [1.807, 2.05) is 21.9 Å². The number of nitrogens with one attached hydrogen (secondary N) is 1. The number of hydrogen-bond acceptors (Lipinski definition) is 3. The molecule has 2 amide bonds. The van der Waals surface area contributed by atoms with Crippen LogP contribution in [-0.4, -0.2) is 52.3 Å². The third-order valence-electron chi connectivity index (χ3n) is 5.46. The number of amides is 2. The number of benzene rings is 1. The molecule has 0 saturated carbocycles. The summed E-state index contributed by atoms with van der Waals surface area (Å²) in [5.41, 5.74) is 0.337. The van der Waals surface area contributed by atoms with Crippen molar-refractivity contribution in [3.05, 3.63) is 46.4 Å². The molecule has 3 fully saturated rings. The zero-order valence-electron chi connectivity index (χ0n) is 14.2. The highest BCUT2D eigenvalue weighted by atomic mass is 16.2. The van der Waals surface area contributed by atoms with Crippen LogP contribution in [-0.2, 0) is 4.79 Å². The molecule has 4 heterocycles. The summed E-state index contributed by atoms with van der Waals surface area (Å²) < 4.78 is 0. The Labute approximate surface area is 145 Å². The molecule has 2 atom stereocenters. The van der Waals surface area contributed by atoms with E-state index in [-0.39, 0.29) is 23.4 Å². The lowest BCUT2D eigenvalue weighted by Gasteiger charge is -2.36. The molecule has 1 aromatic carbocycles. The quantitative estimate of drug-likeness (QED) is 0.858. The van der Waals surface area contributed by atoms with E-state index in [0.29, 0.717) is 35.3 Å². The van der Waals surface area contributed by atoms with Gasteiger partial charge in [0.15, 0.2) is 0 Å². The van der Waals surface area contributed by atoms with Crippen LogP contribution in [0.25, 0.3) is 10.8 Å². The fourth-order valence-corrected chi connectivity index (χ4v) is 4.13. The zero-order valence-corrected chi connectivity index (χ0v) is 14.2. The van der Waals surface area contributed by atoms with Crippen molar-refractivity contribution in [2.45, 2.75) is 25.8 Å². The fraction of sp³-hybridized carbons (Fsp3) is 0.421. The average molecular weight is 339 g/mol. The number of carbonyl (C=O) groups excluding carboxylic acids is 2. The van der Waals surface area contributed by atoms with Crippen molar-refractivity contribution in [2.75, 3.05) is 19.6 Å². The van der Waals surface area contributed by atoms with E-state index in [1.165, 1.54) is 6.20 Å². The van der Waals surface area contributed by atoms with E-state index in [1.54, 1.807) is 19.1 Å². The Morgan fingerprint density at radius 2 is 1.84 bits per heavy atom. The Hall–Kier alpha value is -2.63. The highest BCUT2D eigenvalue weighted by Gasteiger charge is 2.38. The van der Waals surface area contributed by atoms with Crippen LogP contribution >= 0.6 is 0 Å². The van der Waals surface area contributed by atoms with Gasteiger partial charge in [-0.1, -0.05) is 18.2 Å². The van der Waals surface area contributed by atoms with Crippen LogP contribution < -0.4 is 5.56 Å². The number of aromatic amines is 1. The van der Waals surface area contributed by atoms with Crippen molar-refractivity contribution in [2.24, 2.45) is 5.92 Å². The van der Waals surface area contributed by atoms with Gasteiger partial charge in [0.1, 0.15) is 0 Å². The van der Waals surface area contributed by atoms with Crippen LogP contribution in [0.15, 0.2) is 35.3 Å². The van der Waals surface area contributed by atoms with Crippen LogP contribution in [0.4, 0.5) is 0 Å². The largest absolute Gasteiger partial charge is 0.341 e. The molecule has 0 radical (unpaired) electrons. The standard InChI is InChI=1S/C19H21N3O3/c1-12(23)21-9-13-6-7-14(11-21)22(10-13)19(25)17-8-20-18(24)16-5-3-2-4-15(16)17/h2-5,8,13-14H,6-7,9-11H2,1H3,(H,20,24)/t13-,14+/m1/s1. The molecule has 0 aliphatic carbocycles. The maximum absolute atomic E-state index is 13.2. The topological polar surface area (TPSA) is 73.5 Å². The van der Waals surface area contributed by atoms with E-state index in [9.17, 15) is 14.4 Å². The maximum Gasteiger partial charge on any atom is 0.256 e. The summed E-state index contributed by atoms with van der Waals surface area (Å²) >= 11 is 0. The van der Waals surface area contributed by atoms with Crippen LogP contribution in [0.3, 0.4) is 0 Å². The van der Waals surface area contributed by atoms with Crippen LogP contribution in [0, 0.1) is 5.92 Å². The number of rotatable bonds is 1. The van der Waals surface area contributed by atoms with Gasteiger partial charge in [0.2, 0.25) is 5.91 Å². The van der Waals surface area contributed by atoms with Crippen LogP contribution in [0.1, 0.15) is 30.1 Å². The second-order valence-corrected chi connectivity index (χ2v) is 7.06. The molecule has 6 heteroatoms. The van der Waals surface area contributed by atoms with E-state index < -0.39 is 0 Å². The van der Waals surface area contributed by atoms with E-state index in [4.69, 9.17) is 0 Å². The minimum absolute atomic E-state index is 0.0424. The lowest BCUT2D eigenvalue weighted by molar-refractivity contribution is -0.129. The SMILES string of the molecule is CC(=O)N1C[C@H]2CC[C@@H](C1)N(C(=O)c1c[nH]c(=O)c3ccccc13)C2. The van der Waals surface area contributed by atoms with Crippen molar-refractivity contribution >= 4 is 22.6 Å². The molecule has 3 aliphatic heterocycles. The minimum Gasteiger partial charge on any atom is -0.341 e. The number of hydrogen-bond donors (Lipinski definition) is 1.